The molecule has 0 aliphatic rings. The minimum atomic E-state index is -0.555. The maximum Gasteiger partial charge on any atom is 0.324 e. The molecule has 0 unspecified atom stereocenters. The van der Waals surface area contributed by atoms with Crippen molar-refractivity contribution in [1.82, 2.24) is 0 Å². The highest BCUT2D eigenvalue weighted by molar-refractivity contribution is 8.00. The molecule has 0 bridgehead atoms. The smallest absolute Gasteiger partial charge is 0.324 e. The maximum absolute atomic E-state index is 12.8. The molecule has 0 fully saturated rings. The van der Waals surface area contributed by atoms with Crippen molar-refractivity contribution in [2.45, 2.75) is 10.1 Å². The van der Waals surface area contributed by atoms with Crippen LogP contribution in [0.3, 0.4) is 0 Å². The van der Waals surface area contributed by atoms with Crippen molar-refractivity contribution < 1.29 is 14.3 Å². The van der Waals surface area contributed by atoms with Gasteiger partial charge in [0.2, 0.25) is 0 Å². The SMILES string of the molecule is CN(C)c1ccc(NC(=O)COC(=O)[C@@H](Sc2ccccc2)c2ccccc2)cc1. The zero-order chi connectivity index (χ0) is 21.3. The number of benzene rings is 3. The van der Waals surface area contributed by atoms with E-state index in [-0.39, 0.29) is 12.5 Å². The summed E-state index contributed by atoms with van der Waals surface area (Å²) in [5, 5.41) is 2.20. The summed E-state index contributed by atoms with van der Waals surface area (Å²) in [5.41, 5.74) is 2.51. The Balaban J connectivity index is 1.61. The lowest BCUT2D eigenvalue weighted by Gasteiger charge is -2.16. The molecular formula is C24H24N2O3S. The monoisotopic (exact) mass is 420 g/mol. The minimum absolute atomic E-state index is 0.340. The van der Waals surface area contributed by atoms with Gasteiger partial charge < -0.3 is 15.0 Å². The summed E-state index contributed by atoms with van der Waals surface area (Å²) in [4.78, 5) is 28.0. The predicted molar refractivity (Wildman–Crippen MR) is 122 cm³/mol. The van der Waals surface area contributed by atoms with Crippen molar-refractivity contribution in [2.24, 2.45) is 0 Å². The highest BCUT2D eigenvalue weighted by Gasteiger charge is 2.24. The standard InChI is InChI=1S/C24H24N2O3S/c1-26(2)20-15-13-19(14-16-20)25-22(27)17-29-24(28)23(18-9-5-3-6-10-18)30-21-11-7-4-8-12-21/h3-16,23H,17H2,1-2H3,(H,25,27)/t23-/m0/s1. The number of anilines is 2. The topological polar surface area (TPSA) is 58.6 Å². The number of thioether (sulfide) groups is 1. The molecular weight excluding hydrogens is 396 g/mol. The summed E-state index contributed by atoms with van der Waals surface area (Å²) in [6.45, 7) is -0.340. The molecule has 3 aromatic carbocycles. The lowest BCUT2D eigenvalue weighted by molar-refractivity contribution is -0.146. The Morgan fingerprint density at radius 1 is 0.900 bits per heavy atom. The van der Waals surface area contributed by atoms with E-state index in [1.54, 1.807) is 0 Å². The first-order valence-corrected chi connectivity index (χ1v) is 10.4. The zero-order valence-corrected chi connectivity index (χ0v) is 17.8. The lowest BCUT2D eigenvalue weighted by atomic mass is 10.1. The number of amides is 1. The molecule has 30 heavy (non-hydrogen) atoms. The number of nitrogens with zero attached hydrogens (tertiary/aromatic N) is 1. The van der Waals surface area contributed by atoms with E-state index in [4.69, 9.17) is 4.74 Å². The van der Waals surface area contributed by atoms with E-state index in [2.05, 4.69) is 5.32 Å². The molecule has 3 aromatic rings. The van der Waals surface area contributed by atoms with Crippen LogP contribution in [-0.2, 0) is 14.3 Å². The Hall–Kier alpha value is -3.25. The van der Waals surface area contributed by atoms with Crippen molar-refractivity contribution in [1.29, 1.82) is 0 Å². The van der Waals surface area contributed by atoms with Crippen LogP contribution in [0, 0.1) is 0 Å². The van der Waals surface area contributed by atoms with Gasteiger partial charge in [-0.15, -0.1) is 11.8 Å². The fourth-order valence-electron chi connectivity index (χ4n) is 2.77. The van der Waals surface area contributed by atoms with Crippen molar-refractivity contribution in [3.8, 4) is 0 Å². The summed E-state index contributed by atoms with van der Waals surface area (Å²) < 4.78 is 5.35. The van der Waals surface area contributed by atoms with Gasteiger partial charge in [-0.1, -0.05) is 48.5 Å². The van der Waals surface area contributed by atoms with Gasteiger partial charge in [-0.05, 0) is 42.0 Å². The number of ether oxygens (including phenoxy) is 1. The Bertz CT molecular complexity index is 961. The fourth-order valence-corrected chi connectivity index (χ4v) is 3.81. The second-order valence-corrected chi connectivity index (χ2v) is 8.00. The molecule has 0 radical (unpaired) electrons. The number of carbonyl (C=O) groups excluding carboxylic acids is 2. The third kappa shape index (κ3) is 6.12. The van der Waals surface area contributed by atoms with Crippen LogP contribution in [0.1, 0.15) is 10.8 Å². The van der Waals surface area contributed by atoms with E-state index in [1.165, 1.54) is 11.8 Å². The highest BCUT2D eigenvalue weighted by Crippen LogP contribution is 2.36. The van der Waals surface area contributed by atoms with Crippen molar-refractivity contribution in [2.75, 3.05) is 30.9 Å². The van der Waals surface area contributed by atoms with Crippen LogP contribution >= 0.6 is 11.8 Å². The molecule has 3 rings (SSSR count). The number of rotatable bonds is 8. The Kier molecular flexibility index (Phi) is 7.51. The Morgan fingerprint density at radius 3 is 2.10 bits per heavy atom. The average molecular weight is 421 g/mol. The van der Waals surface area contributed by atoms with Gasteiger partial charge in [0.25, 0.3) is 5.91 Å². The highest BCUT2D eigenvalue weighted by atomic mass is 32.2. The molecule has 0 aliphatic heterocycles. The summed E-state index contributed by atoms with van der Waals surface area (Å²) in [7, 11) is 3.90. The third-order valence-corrected chi connectivity index (χ3v) is 5.57. The van der Waals surface area contributed by atoms with Gasteiger partial charge in [0, 0.05) is 30.4 Å². The molecule has 0 aliphatic carbocycles. The molecule has 0 spiro atoms. The minimum Gasteiger partial charge on any atom is -0.454 e. The third-order valence-electron chi connectivity index (χ3n) is 4.33. The van der Waals surface area contributed by atoms with Crippen LogP contribution in [0.4, 0.5) is 11.4 Å². The van der Waals surface area contributed by atoms with Crippen LogP contribution < -0.4 is 10.2 Å². The summed E-state index contributed by atoms with van der Waals surface area (Å²) in [6.07, 6.45) is 0. The predicted octanol–water partition coefficient (Wildman–Crippen LogP) is 4.77. The molecule has 1 N–H and O–H groups in total. The second-order valence-electron chi connectivity index (χ2n) is 6.82. The molecule has 1 atom stereocenters. The number of hydrogen-bond donors (Lipinski definition) is 1. The number of carbonyl (C=O) groups is 2. The van der Waals surface area contributed by atoms with Gasteiger partial charge in [0.15, 0.2) is 6.61 Å². The van der Waals surface area contributed by atoms with E-state index in [1.807, 2.05) is 104 Å². The zero-order valence-electron chi connectivity index (χ0n) is 16.9. The van der Waals surface area contributed by atoms with E-state index >= 15 is 0 Å². The van der Waals surface area contributed by atoms with Crippen LogP contribution in [-0.4, -0.2) is 32.6 Å². The maximum atomic E-state index is 12.8. The van der Waals surface area contributed by atoms with Crippen molar-refractivity contribution in [3.63, 3.8) is 0 Å². The van der Waals surface area contributed by atoms with E-state index < -0.39 is 11.2 Å². The molecule has 154 valence electrons. The van der Waals surface area contributed by atoms with Gasteiger partial charge in [0.1, 0.15) is 5.25 Å². The second kappa shape index (κ2) is 10.5. The van der Waals surface area contributed by atoms with Gasteiger partial charge in [0.05, 0.1) is 0 Å². The van der Waals surface area contributed by atoms with Crippen LogP contribution in [0.2, 0.25) is 0 Å². The normalized spacial score (nSPS) is 11.4. The van der Waals surface area contributed by atoms with Crippen molar-refractivity contribution in [3.05, 3.63) is 90.5 Å². The molecule has 1 amide bonds. The number of nitrogens with one attached hydrogen (secondary N) is 1. The molecule has 0 heterocycles. The first-order chi connectivity index (χ1) is 14.5. The van der Waals surface area contributed by atoms with E-state index in [9.17, 15) is 9.59 Å². The first kappa shape index (κ1) is 21.5. The Labute approximate surface area is 181 Å². The van der Waals surface area contributed by atoms with Gasteiger partial charge >= 0.3 is 5.97 Å². The molecule has 0 aromatic heterocycles. The summed E-state index contributed by atoms with van der Waals surface area (Å²) in [5.74, 6) is -0.828. The largest absolute Gasteiger partial charge is 0.454 e. The van der Waals surface area contributed by atoms with Crippen LogP contribution in [0.15, 0.2) is 89.8 Å². The van der Waals surface area contributed by atoms with E-state index in [0.29, 0.717) is 5.69 Å². The van der Waals surface area contributed by atoms with Crippen molar-refractivity contribution >= 4 is 35.0 Å². The molecule has 6 heteroatoms. The summed E-state index contributed by atoms with van der Waals surface area (Å²) >= 11 is 1.40. The summed E-state index contributed by atoms with van der Waals surface area (Å²) in [6, 6.07) is 26.5. The number of hydrogen-bond acceptors (Lipinski definition) is 5. The fraction of sp³-hybridized carbons (Fsp3) is 0.167. The average Bonchev–Trinajstić information content (AvgIpc) is 2.77. The molecule has 0 saturated heterocycles. The quantitative estimate of drug-likeness (QED) is 0.420. The molecule has 0 saturated carbocycles. The van der Waals surface area contributed by atoms with Gasteiger partial charge in [-0.2, -0.15) is 0 Å². The lowest BCUT2D eigenvalue weighted by Crippen LogP contribution is -2.23. The van der Waals surface area contributed by atoms with Gasteiger partial charge in [-0.25, -0.2) is 0 Å². The van der Waals surface area contributed by atoms with Gasteiger partial charge in [-0.3, -0.25) is 9.59 Å². The van der Waals surface area contributed by atoms with Crippen LogP contribution in [0.25, 0.3) is 0 Å². The number of esters is 1. The Morgan fingerprint density at radius 2 is 1.50 bits per heavy atom. The van der Waals surface area contributed by atoms with E-state index in [0.717, 1.165) is 16.1 Å². The first-order valence-electron chi connectivity index (χ1n) is 9.53. The molecule has 5 nitrogen and oxygen atoms in total. The van der Waals surface area contributed by atoms with Crippen LogP contribution in [0.5, 0.6) is 0 Å².